The number of benzene rings is 2. The van der Waals surface area contributed by atoms with E-state index in [1.807, 2.05) is 29.8 Å². The minimum absolute atomic E-state index is 0.0566. The fourth-order valence-corrected chi connectivity index (χ4v) is 5.44. The number of nitrogens with zero attached hydrogens (tertiary/aromatic N) is 3. The molecule has 3 aromatic rings. The lowest BCUT2D eigenvalue weighted by Gasteiger charge is -2.25. The molecule has 6 nitrogen and oxygen atoms in total. The maximum atomic E-state index is 12.8. The number of carbonyl (C=O) groups excluding carboxylic acids is 1. The van der Waals surface area contributed by atoms with Crippen LogP contribution in [0.5, 0.6) is 11.5 Å². The van der Waals surface area contributed by atoms with E-state index >= 15 is 0 Å². The van der Waals surface area contributed by atoms with E-state index < -0.39 is 0 Å². The fourth-order valence-electron chi connectivity index (χ4n) is 3.49. The second-order valence-electron chi connectivity index (χ2n) is 6.63. The molecule has 4 rings (SSSR count). The van der Waals surface area contributed by atoms with Crippen molar-refractivity contribution in [2.24, 2.45) is 7.05 Å². The summed E-state index contributed by atoms with van der Waals surface area (Å²) in [4.78, 5) is 19.0. The third kappa shape index (κ3) is 3.51. The van der Waals surface area contributed by atoms with Crippen LogP contribution in [0.15, 0.2) is 42.6 Å². The Balaban J connectivity index is 1.81. The number of amides is 1. The Kier molecular flexibility index (Phi) is 5.86. The molecule has 2 aromatic carbocycles. The number of rotatable bonds is 5. The third-order valence-corrected chi connectivity index (χ3v) is 6.81. The monoisotopic (exact) mass is 463 g/mol. The minimum Gasteiger partial charge on any atom is -0.497 e. The van der Waals surface area contributed by atoms with Gasteiger partial charge in [0.1, 0.15) is 16.9 Å². The number of methoxy groups -OCH3 is 2. The molecule has 2 heterocycles. The number of aromatic nitrogens is 2. The maximum absolute atomic E-state index is 12.8. The molecule has 1 aliphatic rings. The largest absolute Gasteiger partial charge is 0.497 e. The minimum atomic E-state index is -0.361. The summed E-state index contributed by atoms with van der Waals surface area (Å²) >= 11 is 14.3. The van der Waals surface area contributed by atoms with Gasteiger partial charge in [-0.25, -0.2) is 4.98 Å². The molecule has 0 spiro atoms. The molecule has 1 fully saturated rings. The van der Waals surface area contributed by atoms with Crippen molar-refractivity contribution in [3.63, 3.8) is 0 Å². The highest BCUT2D eigenvalue weighted by atomic mass is 35.5. The van der Waals surface area contributed by atoms with Gasteiger partial charge in [-0.15, -0.1) is 11.8 Å². The molecule has 9 heteroatoms. The highest BCUT2D eigenvalue weighted by Gasteiger charge is 2.39. The molecule has 0 N–H and O–H groups in total. The van der Waals surface area contributed by atoms with Crippen LogP contribution in [0.2, 0.25) is 10.0 Å². The first kappa shape index (κ1) is 20.9. The van der Waals surface area contributed by atoms with Gasteiger partial charge in [0, 0.05) is 28.2 Å². The summed E-state index contributed by atoms with van der Waals surface area (Å²) in [6, 6.07) is 10.9. The van der Waals surface area contributed by atoms with Crippen molar-refractivity contribution in [2.75, 3.05) is 24.9 Å². The van der Waals surface area contributed by atoms with E-state index in [1.54, 1.807) is 43.5 Å². The number of thioether (sulfide) groups is 1. The smallest absolute Gasteiger partial charge is 0.240 e. The molecule has 1 aromatic heterocycles. The second kappa shape index (κ2) is 8.41. The van der Waals surface area contributed by atoms with E-state index in [0.29, 0.717) is 38.8 Å². The maximum Gasteiger partial charge on any atom is 0.240 e. The molecule has 0 radical (unpaired) electrons. The van der Waals surface area contributed by atoms with Gasteiger partial charge in [-0.2, -0.15) is 0 Å². The van der Waals surface area contributed by atoms with Gasteiger partial charge >= 0.3 is 0 Å². The van der Waals surface area contributed by atoms with Crippen LogP contribution in [0.3, 0.4) is 0 Å². The molecule has 0 saturated carbocycles. The van der Waals surface area contributed by atoms with E-state index in [2.05, 4.69) is 4.98 Å². The van der Waals surface area contributed by atoms with E-state index in [4.69, 9.17) is 32.7 Å². The fraction of sp³-hybridized carbons (Fsp3) is 0.238. The number of hydrogen-bond acceptors (Lipinski definition) is 5. The lowest BCUT2D eigenvalue weighted by Crippen LogP contribution is -2.30. The molecule has 30 heavy (non-hydrogen) atoms. The second-order valence-corrected chi connectivity index (χ2v) is 8.51. The molecular formula is C21H19Cl2N3O3S. The SMILES string of the molecule is COc1ccc(OC)c(-c2cnc(N3C(=O)CSC3c3c(Cl)cccc3Cl)n2C)c1. The summed E-state index contributed by atoms with van der Waals surface area (Å²) in [6.07, 6.45) is 1.72. The van der Waals surface area contributed by atoms with Crippen molar-refractivity contribution in [3.05, 3.63) is 58.2 Å². The number of anilines is 1. The van der Waals surface area contributed by atoms with Crippen LogP contribution >= 0.6 is 35.0 Å². The predicted molar refractivity (Wildman–Crippen MR) is 121 cm³/mol. The van der Waals surface area contributed by atoms with Crippen LogP contribution in [-0.4, -0.2) is 35.4 Å². The number of ether oxygens (including phenoxy) is 2. The molecular weight excluding hydrogens is 445 g/mol. The summed E-state index contributed by atoms with van der Waals surface area (Å²) < 4.78 is 12.7. The summed E-state index contributed by atoms with van der Waals surface area (Å²) in [5.74, 6) is 2.14. The third-order valence-electron chi connectivity index (χ3n) is 4.98. The highest BCUT2D eigenvalue weighted by molar-refractivity contribution is 8.00. The molecule has 156 valence electrons. The van der Waals surface area contributed by atoms with Gasteiger partial charge in [0.05, 0.1) is 31.9 Å². The molecule has 0 bridgehead atoms. The number of carbonyl (C=O) groups is 1. The first-order chi connectivity index (χ1) is 14.5. The van der Waals surface area contributed by atoms with Crippen molar-refractivity contribution >= 4 is 46.8 Å². The Hall–Kier alpha value is -2.35. The summed E-state index contributed by atoms with van der Waals surface area (Å²) in [5, 5.41) is 0.673. The zero-order valence-electron chi connectivity index (χ0n) is 16.6. The van der Waals surface area contributed by atoms with Gasteiger partial charge in [-0.05, 0) is 30.3 Å². The summed E-state index contributed by atoms with van der Waals surface area (Å²) in [5.41, 5.74) is 2.30. The average Bonchev–Trinajstić information content (AvgIpc) is 3.29. The van der Waals surface area contributed by atoms with E-state index in [-0.39, 0.29) is 11.3 Å². The Morgan fingerprint density at radius 2 is 1.87 bits per heavy atom. The normalized spacial score (nSPS) is 16.2. The van der Waals surface area contributed by atoms with Gasteiger partial charge in [0.2, 0.25) is 11.9 Å². The predicted octanol–water partition coefficient (Wildman–Crippen LogP) is 5.19. The average molecular weight is 464 g/mol. The first-order valence-electron chi connectivity index (χ1n) is 9.08. The van der Waals surface area contributed by atoms with Gasteiger partial charge in [0.25, 0.3) is 0 Å². The standard InChI is InChI=1S/C21H19Cl2N3O3S/c1-25-16(13-9-12(28-2)7-8-17(13)29-3)10-24-21(25)26-18(27)11-30-20(26)19-14(22)5-4-6-15(19)23/h4-10,20H,11H2,1-3H3. The highest BCUT2D eigenvalue weighted by Crippen LogP contribution is 2.47. The Morgan fingerprint density at radius 1 is 1.13 bits per heavy atom. The van der Waals surface area contributed by atoms with E-state index in [9.17, 15) is 4.79 Å². The van der Waals surface area contributed by atoms with Gasteiger partial charge < -0.3 is 14.0 Å². The lowest BCUT2D eigenvalue weighted by molar-refractivity contribution is -0.115. The van der Waals surface area contributed by atoms with Gasteiger partial charge in [0.15, 0.2) is 0 Å². The van der Waals surface area contributed by atoms with Gasteiger partial charge in [-0.1, -0.05) is 29.3 Å². The lowest BCUT2D eigenvalue weighted by atomic mass is 10.1. The molecule has 1 unspecified atom stereocenters. The molecule has 1 saturated heterocycles. The topological polar surface area (TPSA) is 56.6 Å². The number of halogens is 2. The van der Waals surface area contributed by atoms with E-state index in [1.165, 1.54) is 11.8 Å². The number of hydrogen-bond donors (Lipinski definition) is 0. The molecule has 1 atom stereocenters. The van der Waals surface area contributed by atoms with E-state index in [0.717, 1.165) is 11.3 Å². The molecule has 0 aliphatic carbocycles. The van der Waals surface area contributed by atoms with Gasteiger partial charge in [-0.3, -0.25) is 9.69 Å². The Morgan fingerprint density at radius 3 is 2.53 bits per heavy atom. The van der Waals surface area contributed by atoms with Crippen molar-refractivity contribution in [3.8, 4) is 22.8 Å². The quantitative estimate of drug-likeness (QED) is 0.520. The zero-order chi connectivity index (χ0) is 21.4. The Bertz CT molecular complexity index is 1100. The van der Waals surface area contributed by atoms with Crippen molar-refractivity contribution in [1.82, 2.24) is 9.55 Å². The van der Waals surface area contributed by atoms with Crippen LogP contribution in [-0.2, 0) is 11.8 Å². The zero-order valence-corrected chi connectivity index (χ0v) is 18.9. The van der Waals surface area contributed by atoms with Crippen molar-refractivity contribution < 1.29 is 14.3 Å². The van der Waals surface area contributed by atoms with Crippen LogP contribution in [0, 0.1) is 0 Å². The molecule has 1 amide bonds. The summed E-state index contributed by atoms with van der Waals surface area (Å²) in [6.45, 7) is 0. The van der Waals surface area contributed by atoms with Crippen LogP contribution in [0.1, 0.15) is 10.9 Å². The Labute approximate surface area is 188 Å². The molecule has 1 aliphatic heterocycles. The van der Waals surface area contributed by atoms with Crippen LogP contribution in [0.4, 0.5) is 5.95 Å². The van der Waals surface area contributed by atoms with Crippen LogP contribution < -0.4 is 14.4 Å². The van der Waals surface area contributed by atoms with Crippen LogP contribution in [0.25, 0.3) is 11.3 Å². The summed E-state index contributed by atoms with van der Waals surface area (Å²) in [7, 11) is 5.08. The first-order valence-corrected chi connectivity index (χ1v) is 10.9. The van der Waals surface area contributed by atoms with Crippen molar-refractivity contribution in [2.45, 2.75) is 5.37 Å². The number of imidazole rings is 1. The van der Waals surface area contributed by atoms with Crippen molar-refractivity contribution in [1.29, 1.82) is 0 Å².